The first kappa shape index (κ1) is 20.3. The van der Waals surface area contributed by atoms with E-state index in [0.29, 0.717) is 16.7 Å². The molecule has 0 saturated carbocycles. The van der Waals surface area contributed by atoms with Crippen LogP contribution in [0.3, 0.4) is 0 Å². The Morgan fingerprint density at radius 3 is 2.62 bits per heavy atom. The van der Waals surface area contributed by atoms with E-state index in [1.54, 1.807) is 6.92 Å². The summed E-state index contributed by atoms with van der Waals surface area (Å²) in [6.07, 6.45) is 0. The molecule has 0 fully saturated rings. The predicted molar refractivity (Wildman–Crippen MR) is 110 cm³/mol. The molecule has 0 saturated heterocycles. The monoisotopic (exact) mass is 413 g/mol. The molecular formula is C19H19N5O4S. The zero-order chi connectivity index (χ0) is 21.0. The highest BCUT2D eigenvalue weighted by molar-refractivity contribution is 8.00. The fourth-order valence-corrected chi connectivity index (χ4v) is 3.42. The fourth-order valence-electron chi connectivity index (χ4n) is 2.61. The van der Waals surface area contributed by atoms with E-state index in [0.717, 1.165) is 5.56 Å². The van der Waals surface area contributed by atoms with Crippen molar-refractivity contribution in [2.75, 3.05) is 12.4 Å². The maximum Gasteiger partial charge on any atom is 0.271 e. The number of aromatic nitrogens is 3. The van der Waals surface area contributed by atoms with E-state index in [1.165, 1.54) is 37.1 Å². The summed E-state index contributed by atoms with van der Waals surface area (Å²) in [4.78, 5) is 23.1. The van der Waals surface area contributed by atoms with E-state index in [-0.39, 0.29) is 17.3 Å². The summed E-state index contributed by atoms with van der Waals surface area (Å²) in [5, 5.41) is 22.1. The number of ether oxygens (including phenoxy) is 1. The van der Waals surface area contributed by atoms with Gasteiger partial charge in [-0.15, -0.1) is 10.2 Å². The predicted octanol–water partition coefficient (Wildman–Crippen LogP) is 3.52. The Morgan fingerprint density at radius 2 is 1.97 bits per heavy atom. The normalized spacial score (nSPS) is 11.7. The van der Waals surface area contributed by atoms with Gasteiger partial charge in [-0.05, 0) is 13.0 Å². The molecule has 29 heavy (non-hydrogen) atoms. The smallest absolute Gasteiger partial charge is 0.271 e. The number of carbonyl (C=O) groups excluding carboxylic acids is 1. The van der Waals surface area contributed by atoms with Crippen molar-refractivity contribution in [1.29, 1.82) is 0 Å². The lowest BCUT2D eigenvalue weighted by Crippen LogP contribution is -2.23. The molecule has 9 nitrogen and oxygen atoms in total. The van der Waals surface area contributed by atoms with Crippen LogP contribution in [0.2, 0.25) is 0 Å². The average Bonchev–Trinajstić information content (AvgIpc) is 3.08. The van der Waals surface area contributed by atoms with Crippen molar-refractivity contribution in [1.82, 2.24) is 14.8 Å². The zero-order valence-corrected chi connectivity index (χ0v) is 16.8. The first-order chi connectivity index (χ1) is 13.9. The molecule has 0 bridgehead atoms. The van der Waals surface area contributed by atoms with Gasteiger partial charge in [0.25, 0.3) is 5.69 Å². The number of benzene rings is 2. The van der Waals surface area contributed by atoms with Crippen LogP contribution in [0.5, 0.6) is 5.75 Å². The Hall–Kier alpha value is -3.40. The SMILES string of the molecule is COc1ccc([N+](=O)[O-])cc1NC(=O)C(C)Sc1nnc(-c2ccccc2)n1C. The second kappa shape index (κ2) is 8.74. The number of nitro groups is 1. The first-order valence-corrected chi connectivity index (χ1v) is 9.53. The number of anilines is 1. The average molecular weight is 413 g/mol. The van der Waals surface area contributed by atoms with E-state index in [2.05, 4.69) is 15.5 Å². The number of non-ortho nitro benzene ring substituents is 1. The molecule has 150 valence electrons. The second-order valence-electron chi connectivity index (χ2n) is 6.12. The van der Waals surface area contributed by atoms with Gasteiger partial charge < -0.3 is 14.6 Å². The highest BCUT2D eigenvalue weighted by atomic mass is 32.2. The molecule has 2 aromatic carbocycles. The van der Waals surface area contributed by atoms with Crippen LogP contribution in [0.15, 0.2) is 53.7 Å². The number of nitro benzene ring substituents is 1. The molecule has 1 unspecified atom stereocenters. The number of nitrogens with zero attached hydrogens (tertiary/aromatic N) is 4. The van der Waals surface area contributed by atoms with Crippen LogP contribution in [0.4, 0.5) is 11.4 Å². The van der Waals surface area contributed by atoms with Gasteiger partial charge in [0.15, 0.2) is 11.0 Å². The lowest BCUT2D eigenvalue weighted by molar-refractivity contribution is -0.384. The van der Waals surface area contributed by atoms with Crippen LogP contribution >= 0.6 is 11.8 Å². The first-order valence-electron chi connectivity index (χ1n) is 8.65. The van der Waals surface area contributed by atoms with E-state index >= 15 is 0 Å². The summed E-state index contributed by atoms with van der Waals surface area (Å²) in [7, 11) is 3.26. The second-order valence-corrected chi connectivity index (χ2v) is 7.43. The Bertz CT molecular complexity index is 1040. The molecule has 10 heteroatoms. The lowest BCUT2D eigenvalue weighted by atomic mass is 10.2. The van der Waals surface area contributed by atoms with Gasteiger partial charge in [-0.2, -0.15) is 0 Å². The Balaban J connectivity index is 1.74. The molecule has 1 heterocycles. The Morgan fingerprint density at radius 1 is 1.24 bits per heavy atom. The molecule has 1 amide bonds. The minimum atomic E-state index is -0.530. The van der Waals surface area contributed by atoms with Gasteiger partial charge in [0, 0.05) is 24.7 Å². The number of rotatable bonds is 7. The quantitative estimate of drug-likeness (QED) is 0.358. The molecule has 1 N–H and O–H groups in total. The van der Waals surface area contributed by atoms with Crippen LogP contribution in [0.1, 0.15) is 6.92 Å². The third kappa shape index (κ3) is 4.54. The van der Waals surface area contributed by atoms with Crippen molar-refractivity contribution in [3.63, 3.8) is 0 Å². The van der Waals surface area contributed by atoms with Crippen molar-refractivity contribution in [2.24, 2.45) is 7.05 Å². The zero-order valence-electron chi connectivity index (χ0n) is 16.0. The van der Waals surface area contributed by atoms with Crippen molar-refractivity contribution in [3.8, 4) is 17.1 Å². The van der Waals surface area contributed by atoms with Gasteiger partial charge in [0.2, 0.25) is 5.91 Å². The molecule has 0 spiro atoms. The summed E-state index contributed by atoms with van der Waals surface area (Å²) in [5.41, 5.74) is 1.03. The third-order valence-electron chi connectivity index (χ3n) is 4.17. The summed E-state index contributed by atoms with van der Waals surface area (Å²) >= 11 is 1.24. The number of nitrogens with one attached hydrogen (secondary N) is 1. The molecule has 0 aliphatic carbocycles. The Kier molecular flexibility index (Phi) is 6.13. The molecule has 0 aliphatic heterocycles. The number of methoxy groups -OCH3 is 1. The largest absolute Gasteiger partial charge is 0.495 e. The van der Waals surface area contributed by atoms with Crippen LogP contribution in [-0.4, -0.2) is 38.0 Å². The summed E-state index contributed by atoms with van der Waals surface area (Å²) in [6.45, 7) is 1.72. The van der Waals surface area contributed by atoms with E-state index in [4.69, 9.17) is 4.74 Å². The molecule has 0 aliphatic rings. The van der Waals surface area contributed by atoms with Gasteiger partial charge in [0.1, 0.15) is 5.75 Å². The number of hydrogen-bond donors (Lipinski definition) is 1. The van der Waals surface area contributed by atoms with Gasteiger partial charge in [-0.25, -0.2) is 0 Å². The Labute approximate surface area is 171 Å². The standard InChI is InChI=1S/C19H19N5O4S/c1-12(18(25)20-15-11-14(24(26)27)9-10-16(15)28-3)29-19-22-21-17(23(19)2)13-7-5-4-6-8-13/h4-12H,1-3H3,(H,20,25). The van der Waals surface area contributed by atoms with Crippen LogP contribution < -0.4 is 10.1 Å². The summed E-state index contributed by atoms with van der Waals surface area (Å²) in [6, 6.07) is 13.6. The third-order valence-corrected chi connectivity index (χ3v) is 5.30. The minimum absolute atomic E-state index is 0.137. The molecule has 1 atom stereocenters. The number of amides is 1. The number of hydrogen-bond acceptors (Lipinski definition) is 7. The van der Waals surface area contributed by atoms with Crippen molar-refractivity contribution < 1.29 is 14.5 Å². The van der Waals surface area contributed by atoms with Crippen molar-refractivity contribution >= 4 is 29.0 Å². The van der Waals surface area contributed by atoms with E-state index in [9.17, 15) is 14.9 Å². The van der Waals surface area contributed by atoms with Crippen LogP contribution in [0, 0.1) is 10.1 Å². The molecule has 0 radical (unpaired) electrons. The topological polar surface area (TPSA) is 112 Å². The summed E-state index contributed by atoms with van der Waals surface area (Å²) in [5.74, 6) is 0.699. The van der Waals surface area contributed by atoms with Crippen LogP contribution in [-0.2, 0) is 11.8 Å². The minimum Gasteiger partial charge on any atom is -0.495 e. The van der Waals surface area contributed by atoms with Gasteiger partial charge in [-0.3, -0.25) is 14.9 Å². The molecular weight excluding hydrogens is 394 g/mol. The molecule has 1 aromatic heterocycles. The number of thioether (sulfide) groups is 1. The lowest BCUT2D eigenvalue weighted by Gasteiger charge is -2.14. The summed E-state index contributed by atoms with van der Waals surface area (Å²) < 4.78 is 7.00. The van der Waals surface area contributed by atoms with E-state index in [1.807, 2.05) is 41.9 Å². The van der Waals surface area contributed by atoms with Gasteiger partial charge in [0.05, 0.1) is 23.0 Å². The maximum absolute atomic E-state index is 12.6. The highest BCUT2D eigenvalue weighted by Gasteiger charge is 2.21. The van der Waals surface area contributed by atoms with Crippen LogP contribution in [0.25, 0.3) is 11.4 Å². The highest BCUT2D eigenvalue weighted by Crippen LogP contribution is 2.31. The maximum atomic E-state index is 12.6. The molecule has 3 rings (SSSR count). The van der Waals surface area contributed by atoms with Crippen molar-refractivity contribution in [2.45, 2.75) is 17.3 Å². The van der Waals surface area contributed by atoms with Gasteiger partial charge in [-0.1, -0.05) is 42.1 Å². The fraction of sp³-hybridized carbons (Fsp3) is 0.211. The van der Waals surface area contributed by atoms with Gasteiger partial charge >= 0.3 is 0 Å². The van der Waals surface area contributed by atoms with E-state index < -0.39 is 10.2 Å². The van der Waals surface area contributed by atoms with Crippen molar-refractivity contribution in [3.05, 3.63) is 58.6 Å². The molecule has 3 aromatic rings. The number of carbonyl (C=O) groups is 1.